The van der Waals surface area contributed by atoms with Gasteiger partial charge < -0.3 is 15.2 Å². The first-order chi connectivity index (χ1) is 17.2. The Labute approximate surface area is 206 Å². The number of nitrogens with zero attached hydrogens (tertiary/aromatic N) is 2. The lowest BCUT2D eigenvalue weighted by atomic mass is 10.1. The normalized spacial score (nSPS) is 10.9. The SMILES string of the molecule is COc1ccc(CNC(=O)c2ccc3c(c2)c(=O)n(Cc2ccc(C(=O)O)c(C)c2)c(=O)n3C)cc1. The molecule has 1 aromatic heterocycles. The second kappa shape index (κ2) is 9.91. The summed E-state index contributed by atoms with van der Waals surface area (Å²) >= 11 is 0. The molecule has 4 aromatic rings. The van der Waals surface area contributed by atoms with E-state index < -0.39 is 17.2 Å². The molecule has 1 heterocycles. The van der Waals surface area contributed by atoms with Gasteiger partial charge in [0.1, 0.15) is 5.75 Å². The molecule has 36 heavy (non-hydrogen) atoms. The minimum Gasteiger partial charge on any atom is -0.497 e. The summed E-state index contributed by atoms with van der Waals surface area (Å²) in [7, 11) is 3.14. The van der Waals surface area contributed by atoms with Gasteiger partial charge >= 0.3 is 11.7 Å². The summed E-state index contributed by atoms with van der Waals surface area (Å²) in [5.74, 6) is -0.683. The van der Waals surface area contributed by atoms with Gasteiger partial charge in [-0.1, -0.05) is 24.3 Å². The van der Waals surface area contributed by atoms with Crippen LogP contribution in [0.25, 0.3) is 10.9 Å². The van der Waals surface area contributed by atoms with Gasteiger partial charge in [-0.05, 0) is 60.0 Å². The van der Waals surface area contributed by atoms with E-state index in [0.29, 0.717) is 28.8 Å². The molecule has 0 spiro atoms. The fraction of sp³-hybridized carbons (Fsp3) is 0.185. The first-order valence-corrected chi connectivity index (χ1v) is 11.2. The van der Waals surface area contributed by atoms with E-state index in [9.17, 15) is 24.3 Å². The van der Waals surface area contributed by atoms with Crippen LogP contribution in [-0.2, 0) is 20.1 Å². The molecule has 1 amide bonds. The molecule has 9 heteroatoms. The fourth-order valence-corrected chi connectivity index (χ4v) is 4.07. The number of aryl methyl sites for hydroxylation is 2. The minimum absolute atomic E-state index is 0.0317. The van der Waals surface area contributed by atoms with E-state index in [4.69, 9.17) is 4.74 Å². The van der Waals surface area contributed by atoms with Crippen LogP contribution < -0.4 is 21.3 Å². The number of hydrogen-bond donors (Lipinski definition) is 2. The van der Waals surface area contributed by atoms with Crippen LogP contribution in [0.15, 0.2) is 70.3 Å². The number of rotatable bonds is 7. The van der Waals surface area contributed by atoms with Crippen molar-refractivity contribution < 1.29 is 19.4 Å². The molecule has 0 aliphatic rings. The maximum atomic E-state index is 13.3. The van der Waals surface area contributed by atoms with Gasteiger partial charge in [-0.15, -0.1) is 0 Å². The molecule has 0 atom stereocenters. The number of carboxylic acid groups (broad SMARTS) is 1. The number of methoxy groups -OCH3 is 1. The molecule has 0 saturated carbocycles. The number of fused-ring (bicyclic) bond motifs is 1. The lowest BCUT2D eigenvalue weighted by Gasteiger charge is -2.13. The fourth-order valence-electron chi connectivity index (χ4n) is 4.07. The maximum absolute atomic E-state index is 13.3. The lowest BCUT2D eigenvalue weighted by Crippen LogP contribution is -2.39. The Morgan fingerprint density at radius 1 is 0.972 bits per heavy atom. The third-order valence-electron chi connectivity index (χ3n) is 6.09. The van der Waals surface area contributed by atoms with Gasteiger partial charge in [0.15, 0.2) is 0 Å². The van der Waals surface area contributed by atoms with E-state index in [-0.39, 0.29) is 23.4 Å². The predicted octanol–water partition coefficient (Wildman–Crippen LogP) is 2.69. The first kappa shape index (κ1) is 24.5. The average Bonchev–Trinajstić information content (AvgIpc) is 2.88. The molecular formula is C27H25N3O6. The number of aromatic carboxylic acids is 1. The van der Waals surface area contributed by atoms with E-state index in [1.165, 1.54) is 16.7 Å². The Bertz CT molecular complexity index is 1600. The molecule has 9 nitrogen and oxygen atoms in total. The molecule has 0 unspecified atom stereocenters. The van der Waals surface area contributed by atoms with Gasteiger partial charge in [0.25, 0.3) is 11.5 Å². The van der Waals surface area contributed by atoms with Crippen molar-refractivity contribution in [3.05, 3.63) is 109 Å². The van der Waals surface area contributed by atoms with Gasteiger partial charge in [0.2, 0.25) is 0 Å². The number of ether oxygens (including phenoxy) is 1. The standard InChI is InChI=1S/C27H25N3O6/c1-16-12-18(6-10-21(16)26(33)34)15-30-25(32)22-13-19(7-11-23(22)29(2)27(30)35)24(31)28-14-17-4-8-20(36-3)9-5-17/h4-13H,14-15H2,1-3H3,(H,28,31)(H,33,34). The van der Waals surface area contributed by atoms with E-state index in [2.05, 4.69) is 5.32 Å². The Balaban J connectivity index is 1.65. The van der Waals surface area contributed by atoms with Crippen molar-refractivity contribution in [3.8, 4) is 5.75 Å². The second-order valence-corrected chi connectivity index (χ2v) is 8.45. The van der Waals surface area contributed by atoms with Crippen LogP contribution in [0.4, 0.5) is 0 Å². The van der Waals surface area contributed by atoms with Crippen LogP contribution in [0.3, 0.4) is 0 Å². The van der Waals surface area contributed by atoms with E-state index in [0.717, 1.165) is 15.9 Å². The number of carbonyl (C=O) groups excluding carboxylic acids is 1. The number of carboxylic acids is 1. The van der Waals surface area contributed by atoms with Crippen LogP contribution in [0.5, 0.6) is 5.75 Å². The van der Waals surface area contributed by atoms with Crippen molar-refractivity contribution in [3.63, 3.8) is 0 Å². The van der Waals surface area contributed by atoms with Gasteiger partial charge in [-0.2, -0.15) is 0 Å². The quantitative estimate of drug-likeness (QED) is 0.414. The Kier molecular flexibility index (Phi) is 6.73. The first-order valence-electron chi connectivity index (χ1n) is 11.2. The molecule has 0 fully saturated rings. The van der Waals surface area contributed by atoms with Crippen LogP contribution in [0.2, 0.25) is 0 Å². The zero-order valence-electron chi connectivity index (χ0n) is 20.1. The number of carbonyl (C=O) groups is 2. The molecule has 0 bridgehead atoms. The van der Waals surface area contributed by atoms with Gasteiger partial charge in [-0.3, -0.25) is 18.7 Å². The van der Waals surface area contributed by atoms with Crippen molar-refractivity contribution in [2.24, 2.45) is 7.05 Å². The van der Waals surface area contributed by atoms with Gasteiger partial charge in [0, 0.05) is 19.2 Å². The summed E-state index contributed by atoms with van der Waals surface area (Å²) < 4.78 is 7.57. The smallest absolute Gasteiger partial charge is 0.335 e. The monoisotopic (exact) mass is 487 g/mol. The summed E-state index contributed by atoms with van der Waals surface area (Å²) in [6, 6.07) is 16.6. The van der Waals surface area contributed by atoms with Crippen LogP contribution >= 0.6 is 0 Å². The van der Waals surface area contributed by atoms with Crippen LogP contribution in [0.1, 0.15) is 37.4 Å². The van der Waals surface area contributed by atoms with Crippen molar-refractivity contribution in [2.45, 2.75) is 20.0 Å². The van der Waals surface area contributed by atoms with Crippen molar-refractivity contribution in [1.29, 1.82) is 0 Å². The molecule has 2 N–H and O–H groups in total. The maximum Gasteiger partial charge on any atom is 0.335 e. The second-order valence-electron chi connectivity index (χ2n) is 8.45. The Morgan fingerprint density at radius 2 is 1.67 bits per heavy atom. The molecule has 0 saturated heterocycles. The van der Waals surface area contributed by atoms with E-state index in [1.807, 2.05) is 12.1 Å². The summed E-state index contributed by atoms with van der Waals surface area (Å²) in [4.78, 5) is 50.3. The minimum atomic E-state index is -1.05. The molecule has 3 aromatic carbocycles. The highest BCUT2D eigenvalue weighted by Gasteiger charge is 2.15. The van der Waals surface area contributed by atoms with Gasteiger partial charge in [-0.25, -0.2) is 9.59 Å². The third kappa shape index (κ3) is 4.76. The molecule has 0 aliphatic heterocycles. The highest BCUT2D eigenvalue weighted by atomic mass is 16.5. The molecular weight excluding hydrogens is 462 g/mol. The van der Waals surface area contributed by atoms with E-state index in [1.54, 1.807) is 57.5 Å². The van der Waals surface area contributed by atoms with Crippen LogP contribution in [-0.4, -0.2) is 33.2 Å². The summed E-state index contributed by atoms with van der Waals surface area (Å²) in [6.45, 7) is 1.92. The summed E-state index contributed by atoms with van der Waals surface area (Å²) in [5.41, 5.74) is 1.85. The zero-order valence-corrected chi connectivity index (χ0v) is 20.1. The Morgan fingerprint density at radius 3 is 2.31 bits per heavy atom. The molecule has 0 aliphatic carbocycles. The third-order valence-corrected chi connectivity index (χ3v) is 6.09. The van der Waals surface area contributed by atoms with Crippen LogP contribution in [0, 0.1) is 6.92 Å². The topological polar surface area (TPSA) is 120 Å². The van der Waals surface area contributed by atoms with Crippen molar-refractivity contribution in [1.82, 2.24) is 14.5 Å². The largest absolute Gasteiger partial charge is 0.497 e. The highest BCUT2D eigenvalue weighted by Crippen LogP contribution is 2.15. The Hall–Kier alpha value is -4.66. The predicted molar refractivity (Wildman–Crippen MR) is 135 cm³/mol. The van der Waals surface area contributed by atoms with E-state index >= 15 is 0 Å². The number of aromatic nitrogens is 2. The van der Waals surface area contributed by atoms with Crippen molar-refractivity contribution >= 4 is 22.8 Å². The van der Waals surface area contributed by atoms with Crippen molar-refractivity contribution in [2.75, 3.05) is 7.11 Å². The lowest BCUT2D eigenvalue weighted by molar-refractivity contribution is 0.0695. The summed E-state index contributed by atoms with van der Waals surface area (Å²) in [6.07, 6.45) is 0. The molecule has 4 rings (SSSR count). The van der Waals surface area contributed by atoms with Gasteiger partial charge in [0.05, 0.1) is 30.1 Å². The summed E-state index contributed by atoms with van der Waals surface area (Å²) in [5, 5.41) is 12.3. The number of nitrogens with one attached hydrogen (secondary N) is 1. The molecule has 0 radical (unpaired) electrons. The average molecular weight is 488 g/mol. The molecule has 184 valence electrons. The highest BCUT2D eigenvalue weighted by molar-refractivity contribution is 5.97. The zero-order chi connectivity index (χ0) is 26.0. The number of amides is 1. The number of hydrogen-bond acceptors (Lipinski definition) is 5. The number of benzene rings is 3.